The van der Waals surface area contributed by atoms with E-state index in [0.717, 1.165) is 16.8 Å². The van der Waals surface area contributed by atoms with Gasteiger partial charge in [-0.25, -0.2) is 12.4 Å². The largest absolute Gasteiger partial charge is 0.369 e. The summed E-state index contributed by atoms with van der Waals surface area (Å²) in [6, 6.07) is 4.04. The predicted octanol–water partition coefficient (Wildman–Crippen LogP) is 1.37. The van der Waals surface area contributed by atoms with Crippen LogP contribution in [0.25, 0.3) is 0 Å². The van der Waals surface area contributed by atoms with Gasteiger partial charge in [0.15, 0.2) is 0 Å². The molecule has 0 fully saturated rings. The van der Waals surface area contributed by atoms with Crippen LogP contribution in [0.5, 0.6) is 0 Å². The summed E-state index contributed by atoms with van der Waals surface area (Å²) in [5, 5.41) is 9.98. The summed E-state index contributed by atoms with van der Waals surface area (Å²) in [4.78, 5) is 1.19. The number of aryl methyl sites for hydroxylation is 1. The van der Waals surface area contributed by atoms with Crippen LogP contribution in [-0.4, -0.2) is 30.3 Å². The molecule has 0 saturated heterocycles. The highest BCUT2D eigenvalue weighted by molar-refractivity contribution is 7.89. The minimum Gasteiger partial charge on any atom is -0.369 e. The molecule has 9 heteroatoms. The van der Waals surface area contributed by atoms with Crippen molar-refractivity contribution in [3.05, 3.63) is 45.4 Å². The molecule has 2 aromatic heterocycles. The molecule has 24 heavy (non-hydrogen) atoms. The highest BCUT2D eigenvalue weighted by Crippen LogP contribution is 2.37. The van der Waals surface area contributed by atoms with Crippen LogP contribution in [0.15, 0.2) is 33.9 Å². The van der Waals surface area contributed by atoms with Crippen molar-refractivity contribution < 1.29 is 8.42 Å². The molecule has 2 aromatic rings. The van der Waals surface area contributed by atoms with Gasteiger partial charge in [0.25, 0.3) is 0 Å². The lowest BCUT2D eigenvalue weighted by molar-refractivity contribution is 0.588. The van der Waals surface area contributed by atoms with Crippen molar-refractivity contribution >= 4 is 33.0 Å². The molecule has 0 saturated carbocycles. The summed E-state index contributed by atoms with van der Waals surface area (Å²) >= 11 is 1.65. The molecule has 2 heterocycles. The van der Waals surface area contributed by atoms with Crippen molar-refractivity contribution in [3.63, 3.8) is 0 Å². The van der Waals surface area contributed by atoms with Gasteiger partial charge >= 0.3 is 0 Å². The fourth-order valence-electron chi connectivity index (χ4n) is 3.11. The Balaban J connectivity index is 2.18. The van der Waals surface area contributed by atoms with Gasteiger partial charge in [-0.15, -0.1) is 16.4 Å². The van der Waals surface area contributed by atoms with Crippen molar-refractivity contribution in [1.82, 2.24) is 3.97 Å². The van der Waals surface area contributed by atoms with Crippen LogP contribution in [0.3, 0.4) is 0 Å². The molecule has 0 aliphatic heterocycles. The number of fused-ring (bicyclic) bond motifs is 1. The molecule has 4 N–H and O–H groups in total. The van der Waals surface area contributed by atoms with E-state index in [9.17, 15) is 8.42 Å². The normalized spacial score (nSPS) is 19.2. The number of guanidine groups is 1. The highest BCUT2D eigenvalue weighted by atomic mass is 32.2. The Bertz CT molecular complexity index is 919. The van der Waals surface area contributed by atoms with Gasteiger partial charge in [0.2, 0.25) is 16.0 Å². The molecule has 7 nitrogen and oxygen atoms in total. The maximum Gasteiger partial charge on any atom is 0.235 e. The van der Waals surface area contributed by atoms with Gasteiger partial charge < -0.3 is 11.5 Å². The number of hydrogen-bond donors (Lipinski definition) is 2. The van der Waals surface area contributed by atoms with E-state index in [4.69, 9.17) is 11.5 Å². The second kappa shape index (κ2) is 6.06. The first-order valence-corrected chi connectivity index (χ1v) is 10.1. The quantitative estimate of drug-likeness (QED) is 0.485. The number of rotatable bonds is 3. The van der Waals surface area contributed by atoms with Crippen LogP contribution in [0.2, 0.25) is 0 Å². The molecule has 128 valence electrons. The van der Waals surface area contributed by atoms with Gasteiger partial charge in [0.05, 0.1) is 12.0 Å². The van der Waals surface area contributed by atoms with E-state index in [1.807, 2.05) is 18.4 Å². The maximum absolute atomic E-state index is 12.1. The van der Waals surface area contributed by atoms with Gasteiger partial charge in [-0.1, -0.05) is 6.07 Å². The average molecular weight is 365 g/mol. The van der Waals surface area contributed by atoms with Crippen LogP contribution >= 0.6 is 11.3 Å². The number of thiophene rings is 1. The molecule has 1 atom stereocenters. The Labute approximate surface area is 144 Å². The first-order valence-electron chi connectivity index (χ1n) is 7.38. The van der Waals surface area contributed by atoms with Gasteiger partial charge in [-0.3, -0.25) is 0 Å². The second-order valence-corrected chi connectivity index (χ2v) is 8.72. The van der Waals surface area contributed by atoms with Crippen molar-refractivity contribution in [2.75, 3.05) is 6.26 Å². The number of aromatic nitrogens is 1. The molecule has 1 unspecified atom stereocenters. The molecule has 0 bridgehead atoms. The lowest BCUT2D eigenvalue weighted by atomic mass is 9.84. The molecule has 0 amide bonds. The first kappa shape index (κ1) is 16.7. The lowest BCUT2D eigenvalue weighted by Gasteiger charge is -2.24. The van der Waals surface area contributed by atoms with Crippen LogP contribution in [0.4, 0.5) is 0 Å². The minimum absolute atomic E-state index is 0.123. The smallest absolute Gasteiger partial charge is 0.235 e. The summed E-state index contributed by atoms with van der Waals surface area (Å²) in [5.41, 5.74) is 13.9. The zero-order chi connectivity index (χ0) is 17.5. The predicted molar refractivity (Wildman–Crippen MR) is 97.1 cm³/mol. The van der Waals surface area contributed by atoms with Crippen molar-refractivity contribution in [2.45, 2.75) is 25.7 Å². The molecule has 3 rings (SSSR count). The van der Waals surface area contributed by atoms with Gasteiger partial charge in [0.1, 0.15) is 0 Å². The van der Waals surface area contributed by atoms with E-state index in [0.29, 0.717) is 18.6 Å². The van der Waals surface area contributed by atoms with E-state index >= 15 is 0 Å². The van der Waals surface area contributed by atoms with Crippen molar-refractivity contribution in [3.8, 4) is 0 Å². The van der Waals surface area contributed by atoms with Crippen molar-refractivity contribution in [1.29, 1.82) is 0 Å². The first-order chi connectivity index (χ1) is 11.3. The van der Waals surface area contributed by atoms with Gasteiger partial charge in [0, 0.05) is 34.7 Å². The third-order valence-electron chi connectivity index (χ3n) is 4.02. The van der Waals surface area contributed by atoms with E-state index in [1.54, 1.807) is 17.5 Å². The molecular formula is C15H19N5O2S2. The maximum atomic E-state index is 12.1. The third-order valence-corrected chi connectivity index (χ3v) is 6.09. The molecule has 1 aliphatic carbocycles. The Morgan fingerprint density at radius 2 is 2.12 bits per heavy atom. The number of nitrogens with zero attached hydrogens (tertiary/aromatic N) is 3. The Morgan fingerprint density at radius 1 is 1.38 bits per heavy atom. The average Bonchev–Trinajstić information content (AvgIpc) is 3.12. The van der Waals surface area contributed by atoms with Crippen LogP contribution in [0.1, 0.15) is 34.0 Å². The zero-order valence-corrected chi connectivity index (χ0v) is 15.1. The van der Waals surface area contributed by atoms with E-state index in [2.05, 4.69) is 16.3 Å². The fourth-order valence-corrected chi connectivity index (χ4v) is 4.86. The number of hydrogen-bond acceptors (Lipinski definition) is 5. The Kier molecular flexibility index (Phi) is 4.22. The summed E-state index contributed by atoms with van der Waals surface area (Å²) < 4.78 is 25.6. The Morgan fingerprint density at radius 3 is 2.71 bits per heavy atom. The van der Waals surface area contributed by atoms with E-state index in [1.165, 1.54) is 15.1 Å². The van der Waals surface area contributed by atoms with E-state index in [-0.39, 0.29) is 11.9 Å². The third kappa shape index (κ3) is 3.09. The van der Waals surface area contributed by atoms with Crippen LogP contribution in [-0.2, 0) is 16.4 Å². The highest BCUT2D eigenvalue weighted by Gasteiger charge is 2.32. The summed E-state index contributed by atoms with van der Waals surface area (Å²) in [6.07, 6.45) is 4.15. The van der Waals surface area contributed by atoms with Gasteiger partial charge in [-0.05, 0) is 30.4 Å². The van der Waals surface area contributed by atoms with Crippen LogP contribution < -0.4 is 11.5 Å². The minimum atomic E-state index is -3.39. The van der Waals surface area contributed by atoms with Gasteiger partial charge in [-0.2, -0.15) is 5.10 Å². The summed E-state index contributed by atoms with van der Waals surface area (Å²) in [7, 11) is -3.39. The van der Waals surface area contributed by atoms with E-state index < -0.39 is 10.0 Å². The SMILES string of the molecule is Cc1cn(S(C)(=O)=O)c2c1/C(=N/N=C(N)N)CC(c1cccs1)C2. The summed E-state index contributed by atoms with van der Waals surface area (Å²) in [6.45, 7) is 1.87. The topological polar surface area (TPSA) is 116 Å². The number of nitrogens with two attached hydrogens (primary N) is 2. The lowest BCUT2D eigenvalue weighted by Crippen LogP contribution is -2.24. The monoisotopic (exact) mass is 365 g/mol. The van der Waals surface area contributed by atoms with Crippen LogP contribution in [0, 0.1) is 6.92 Å². The molecule has 1 aliphatic rings. The fraction of sp³-hybridized carbons (Fsp3) is 0.333. The Hall–Kier alpha value is -2.13. The summed E-state index contributed by atoms with van der Waals surface area (Å²) in [5.74, 6) is 0.0303. The molecule has 0 aromatic carbocycles. The van der Waals surface area contributed by atoms with Crippen molar-refractivity contribution in [2.24, 2.45) is 21.7 Å². The standard InChI is InChI=1S/C15H19N5O2S2/c1-9-8-20(24(2,21)22)12-7-10(13-4-3-5-23-13)6-11(14(9)12)18-19-15(16)17/h3-5,8,10H,6-7H2,1-2H3,(H4,16,17,19)/b18-11+. The second-order valence-electron chi connectivity index (χ2n) is 5.88. The molecule has 0 spiro atoms. The molecular weight excluding hydrogens is 346 g/mol. The zero-order valence-electron chi connectivity index (χ0n) is 13.4. The molecule has 0 radical (unpaired) electrons.